The number of hydrogen-bond acceptors (Lipinski definition) is 5. The third-order valence-electron chi connectivity index (χ3n) is 2.89. The predicted molar refractivity (Wildman–Crippen MR) is 73.5 cm³/mol. The summed E-state index contributed by atoms with van der Waals surface area (Å²) in [4.78, 5) is 11.6. The maximum Gasteiger partial charge on any atom is 0.250 e. The van der Waals surface area contributed by atoms with E-state index in [4.69, 9.17) is 0 Å². The number of sulfonamides is 1. The number of rotatable bonds is 6. The van der Waals surface area contributed by atoms with Crippen LogP contribution in [0, 0.1) is 0 Å². The number of hydrogen-bond donors (Lipinski definition) is 3. The van der Waals surface area contributed by atoms with Crippen LogP contribution in [0.15, 0.2) is 21.7 Å². The first-order valence-corrected chi connectivity index (χ1v) is 8.47. The van der Waals surface area contributed by atoms with Crippen LogP contribution in [0.25, 0.3) is 0 Å². The van der Waals surface area contributed by atoms with E-state index in [2.05, 4.69) is 15.4 Å². The molecule has 0 spiro atoms. The molecular weight excluding hydrogens is 286 g/mol. The lowest BCUT2D eigenvalue weighted by molar-refractivity contribution is -0.120. The third-order valence-corrected chi connectivity index (χ3v) is 5.69. The van der Waals surface area contributed by atoms with E-state index in [-0.39, 0.29) is 16.7 Å². The third kappa shape index (κ3) is 4.27. The van der Waals surface area contributed by atoms with Gasteiger partial charge in [0, 0.05) is 12.6 Å². The highest BCUT2D eigenvalue weighted by Crippen LogP contribution is 2.14. The molecule has 1 aromatic heterocycles. The summed E-state index contributed by atoms with van der Waals surface area (Å²) in [7, 11) is -3.56. The Morgan fingerprint density at radius 3 is 3.00 bits per heavy atom. The van der Waals surface area contributed by atoms with E-state index in [0.717, 1.165) is 30.7 Å². The largest absolute Gasteiger partial charge is 0.353 e. The Kier molecular flexibility index (Phi) is 4.92. The predicted octanol–water partition coefficient (Wildman–Crippen LogP) is -0.105. The average molecular weight is 303 g/mol. The Bertz CT molecular complexity index is 507. The highest BCUT2D eigenvalue weighted by molar-refractivity contribution is 7.91. The first kappa shape index (κ1) is 14.4. The second-order valence-electron chi connectivity index (χ2n) is 4.35. The number of thiophene rings is 1. The molecule has 0 saturated carbocycles. The minimum Gasteiger partial charge on any atom is -0.353 e. The molecule has 0 aromatic carbocycles. The summed E-state index contributed by atoms with van der Waals surface area (Å²) in [6.07, 6.45) is 2.16. The molecule has 2 rings (SSSR count). The minimum absolute atomic E-state index is 0.220. The van der Waals surface area contributed by atoms with Gasteiger partial charge in [-0.3, -0.25) is 4.79 Å². The highest BCUT2D eigenvalue weighted by atomic mass is 32.2. The van der Waals surface area contributed by atoms with Gasteiger partial charge in [0.25, 0.3) is 10.0 Å². The Hall–Kier alpha value is -0.960. The smallest absolute Gasteiger partial charge is 0.250 e. The van der Waals surface area contributed by atoms with Crippen LogP contribution < -0.4 is 15.4 Å². The van der Waals surface area contributed by atoms with E-state index < -0.39 is 10.0 Å². The summed E-state index contributed by atoms with van der Waals surface area (Å²) in [6, 6.07) is 3.47. The van der Waals surface area contributed by atoms with Gasteiger partial charge in [-0.25, -0.2) is 13.1 Å². The molecule has 1 unspecified atom stereocenters. The molecule has 19 heavy (non-hydrogen) atoms. The zero-order chi connectivity index (χ0) is 13.7. The lowest BCUT2D eigenvalue weighted by atomic mass is 10.2. The molecule has 0 bridgehead atoms. The van der Waals surface area contributed by atoms with Crippen molar-refractivity contribution in [1.82, 2.24) is 15.4 Å². The van der Waals surface area contributed by atoms with Crippen LogP contribution in [-0.4, -0.2) is 40.0 Å². The molecule has 1 atom stereocenters. The van der Waals surface area contributed by atoms with Crippen LogP contribution in [0.2, 0.25) is 0 Å². The molecule has 8 heteroatoms. The molecule has 0 aliphatic carbocycles. The van der Waals surface area contributed by atoms with Gasteiger partial charge in [0.2, 0.25) is 5.91 Å². The van der Waals surface area contributed by atoms with Crippen molar-refractivity contribution in [1.29, 1.82) is 0 Å². The van der Waals surface area contributed by atoms with Crippen molar-refractivity contribution in [3.8, 4) is 0 Å². The van der Waals surface area contributed by atoms with E-state index in [9.17, 15) is 13.2 Å². The van der Waals surface area contributed by atoms with Crippen molar-refractivity contribution in [3.63, 3.8) is 0 Å². The number of carbonyl (C=O) groups excluding carboxylic acids is 1. The maximum atomic E-state index is 11.8. The molecule has 6 nitrogen and oxygen atoms in total. The Balaban J connectivity index is 1.74. The van der Waals surface area contributed by atoms with Crippen molar-refractivity contribution in [2.45, 2.75) is 23.1 Å². The number of amides is 1. The van der Waals surface area contributed by atoms with Gasteiger partial charge in [-0.15, -0.1) is 11.3 Å². The van der Waals surface area contributed by atoms with Gasteiger partial charge in [0.05, 0.1) is 6.54 Å². The second kappa shape index (κ2) is 6.47. The lowest BCUT2D eigenvalue weighted by Gasteiger charge is -2.11. The molecule has 1 amide bonds. The standard InChI is InChI=1S/C11H17N3O3S2/c15-10(13-7-9-3-1-5-12-9)8-14-19(16,17)11-4-2-6-18-11/h2,4,6,9,12,14H,1,3,5,7-8H2,(H,13,15). The molecule has 1 aliphatic heterocycles. The zero-order valence-corrected chi connectivity index (χ0v) is 12.0. The molecule has 3 N–H and O–H groups in total. The Labute approximate surface area is 116 Å². The topological polar surface area (TPSA) is 87.3 Å². The molecule has 2 heterocycles. The van der Waals surface area contributed by atoms with E-state index >= 15 is 0 Å². The van der Waals surface area contributed by atoms with Crippen molar-refractivity contribution in [2.75, 3.05) is 19.6 Å². The minimum atomic E-state index is -3.56. The highest BCUT2D eigenvalue weighted by Gasteiger charge is 2.18. The van der Waals surface area contributed by atoms with Gasteiger partial charge in [-0.2, -0.15) is 0 Å². The van der Waals surface area contributed by atoms with Crippen molar-refractivity contribution in [3.05, 3.63) is 17.5 Å². The van der Waals surface area contributed by atoms with Gasteiger partial charge < -0.3 is 10.6 Å². The summed E-state index contributed by atoms with van der Waals surface area (Å²) >= 11 is 1.12. The van der Waals surface area contributed by atoms with Crippen LogP contribution >= 0.6 is 11.3 Å². The molecule has 0 radical (unpaired) electrons. The van der Waals surface area contributed by atoms with Crippen LogP contribution in [0.1, 0.15) is 12.8 Å². The van der Waals surface area contributed by atoms with Gasteiger partial charge >= 0.3 is 0 Å². The molecule has 1 aromatic rings. The summed E-state index contributed by atoms with van der Waals surface area (Å²) in [6.45, 7) is 1.29. The van der Waals surface area contributed by atoms with Crippen molar-refractivity contribution < 1.29 is 13.2 Å². The maximum absolute atomic E-state index is 11.8. The summed E-state index contributed by atoms with van der Waals surface area (Å²) < 4.78 is 26.0. The molecule has 106 valence electrons. The number of nitrogens with one attached hydrogen (secondary N) is 3. The lowest BCUT2D eigenvalue weighted by Crippen LogP contribution is -2.42. The zero-order valence-electron chi connectivity index (χ0n) is 10.4. The quantitative estimate of drug-likeness (QED) is 0.684. The Morgan fingerprint density at radius 1 is 1.53 bits per heavy atom. The van der Waals surface area contributed by atoms with Crippen molar-refractivity contribution >= 4 is 27.3 Å². The SMILES string of the molecule is O=C(CNS(=O)(=O)c1cccs1)NCC1CCCN1. The fourth-order valence-electron chi connectivity index (χ4n) is 1.88. The summed E-state index contributed by atoms with van der Waals surface area (Å²) in [5, 5.41) is 7.65. The normalized spacial score (nSPS) is 19.5. The van der Waals surface area contributed by atoms with Crippen molar-refractivity contribution in [2.24, 2.45) is 0 Å². The van der Waals surface area contributed by atoms with Crippen LogP contribution in [0.4, 0.5) is 0 Å². The first-order chi connectivity index (χ1) is 9.08. The fraction of sp³-hybridized carbons (Fsp3) is 0.545. The average Bonchev–Trinajstić information content (AvgIpc) is 3.06. The van der Waals surface area contributed by atoms with E-state index in [0.29, 0.717) is 12.6 Å². The monoisotopic (exact) mass is 303 g/mol. The van der Waals surface area contributed by atoms with Crippen LogP contribution in [0.3, 0.4) is 0 Å². The van der Waals surface area contributed by atoms with Gasteiger partial charge in [0.15, 0.2) is 0 Å². The van der Waals surface area contributed by atoms with Crippen LogP contribution in [-0.2, 0) is 14.8 Å². The summed E-state index contributed by atoms with van der Waals surface area (Å²) in [5.41, 5.74) is 0. The van der Waals surface area contributed by atoms with Gasteiger partial charge in [-0.05, 0) is 30.8 Å². The van der Waals surface area contributed by atoms with E-state index in [1.54, 1.807) is 11.4 Å². The second-order valence-corrected chi connectivity index (χ2v) is 7.30. The Morgan fingerprint density at radius 2 is 2.37 bits per heavy atom. The summed E-state index contributed by atoms with van der Waals surface area (Å²) in [5.74, 6) is -0.311. The fourth-order valence-corrected chi connectivity index (χ4v) is 3.90. The van der Waals surface area contributed by atoms with Crippen LogP contribution in [0.5, 0.6) is 0 Å². The molecule has 1 aliphatic rings. The van der Waals surface area contributed by atoms with Gasteiger partial charge in [-0.1, -0.05) is 6.07 Å². The molecule has 1 fully saturated rings. The molecule has 1 saturated heterocycles. The molecular formula is C11H17N3O3S2. The number of carbonyl (C=O) groups is 1. The van der Waals surface area contributed by atoms with Gasteiger partial charge in [0.1, 0.15) is 4.21 Å². The van der Waals surface area contributed by atoms with E-state index in [1.165, 1.54) is 6.07 Å². The van der Waals surface area contributed by atoms with E-state index in [1.807, 2.05) is 0 Å². The first-order valence-electron chi connectivity index (χ1n) is 6.11.